The number of hydrogen-bond acceptors (Lipinski definition) is 5. The Bertz CT molecular complexity index is 1170. The van der Waals surface area contributed by atoms with Crippen molar-refractivity contribution in [2.24, 2.45) is 5.73 Å². The largest absolute Gasteiger partial charge is 0.480 e. The number of carboxylic acids is 1. The van der Waals surface area contributed by atoms with Crippen molar-refractivity contribution in [3.8, 4) is 0 Å². The van der Waals surface area contributed by atoms with E-state index in [-0.39, 0.29) is 12.5 Å². The fourth-order valence-electron chi connectivity index (χ4n) is 3.67. The van der Waals surface area contributed by atoms with Gasteiger partial charge in [0.2, 0.25) is 5.91 Å². The first-order valence-electron chi connectivity index (χ1n) is 11.0. The number of aliphatic carboxylic acids is 1. The summed E-state index contributed by atoms with van der Waals surface area (Å²) in [5.41, 5.74) is 7.78. The highest BCUT2D eigenvalue weighted by molar-refractivity contribution is 6.04. The summed E-state index contributed by atoms with van der Waals surface area (Å²) in [4.78, 5) is 38.9. The molecule has 1 aliphatic rings. The topological polar surface area (TPSA) is 126 Å². The predicted octanol–water partition coefficient (Wildman–Crippen LogP) is 2.74. The fraction of sp³-hybridized carbons (Fsp3) is 0.231. The van der Waals surface area contributed by atoms with Crippen LogP contribution in [0.2, 0.25) is 0 Å². The third-order valence-corrected chi connectivity index (χ3v) is 5.30. The summed E-state index contributed by atoms with van der Waals surface area (Å²) in [7, 11) is 0. The van der Waals surface area contributed by atoms with E-state index in [2.05, 4.69) is 22.4 Å². The van der Waals surface area contributed by atoms with Gasteiger partial charge in [0.15, 0.2) is 0 Å². The molecule has 176 valence electrons. The fourth-order valence-corrected chi connectivity index (χ4v) is 3.67. The lowest BCUT2D eigenvalue weighted by molar-refractivity contribution is -0.144. The Kier molecular flexibility index (Phi) is 8.88. The second kappa shape index (κ2) is 12.3. The number of benzene rings is 2. The van der Waals surface area contributed by atoms with Gasteiger partial charge in [-0.3, -0.25) is 19.4 Å². The second-order valence-electron chi connectivity index (χ2n) is 7.88. The van der Waals surface area contributed by atoms with E-state index < -0.39 is 11.9 Å². The lowest BCUT2D eigenvalue weighted by Gasteiger charge is -2.20. The van der Waals surface area contributed by atoms with Crippen LogP contribution in [0.3, 0.4) is 0 Å². The summed E-state index contributed by atoms with van der Waals surface area (Å²) in [6.07, 6.45) is 4.69. The molecule has 1 aliphatic heterocycles. The van der Waals surface area contributed by atoms with Crippen LogP contribution in [0.1, 0.15) is 28.9 Å². The number of pyridine rings is 1. The molecule has 0 spiro atoms. The molecule has 0 saturated carbocycles. The molecule has 2 heterocycles. The Morgan fingerprint density at radius 3 is 2.50 bits per heavy atom. The first-order valence-corrected chi connectivity index (χ1v) is 11.0. The predicted molar refractivity (Wildman–Crippen MR) is 130 cm³/mol. The number of carboxylic acid groups (broad SMARTS) is 1. The van der Waals surface area contributed by atoms with Crippen molar-refractivity contribution in [2.75, 3.05) is 19.6 Å². The summed E-state index contributed by atoms with van der Waals surface area (Å²) in [6, 6.07) is 19.4. The third-order valence-electron chi connectivity index (χ3n) is 5.30. The number of carbonyl (C=O) groups is 3. The molecule has 34 heavy (non-hydrogen) atoms. The molecule has 0 unspecified atom stereocenters. The molecule has 0 fully saturated rings. The molecule has 3 aromatic rings. The molecule has 0 aliphatic carbocycles. The number of aromatic nitrogens is 1. The molecular formula is C26H28N4O4. The zero-order chi connectivity index (χ0) is 24.3. The van der Waals surface area contributed by atoms with Gasteiger partial charge in [-0.2, -0.15) is 0 Å². The van der Waals surface area contributed by atoms with E-state index in [9.17, 15) is 14.4 Å². The van der Waals surface area contributed by atoms with Crippen molar-refractivity contribution in [1.29, 1.82) is 0 Å². The first kappa shape index (κ1) is 24.6. The number of carbonyl (C=O) groups excluding carboxylic acids is 2. The van der Waals surface area contributed by atoms with Crippen molar-refractivity contribution in [3.63, 3.8) is 0 Å². The van der Waals surface area contributed by atoms with Crippen LogP contribution in [0.25, 0.3) is 10.8 Å². The van der Waals surface area contributed by atoms with Crippen LogP contribution >= 0.6 is 0 Å². The van der Waals surface area contributed by atoms with E-state index in [0.29, 0.717) is 31.6 Å². The standard InChI is InChI=1S/C16H20N2O3.C10H8N2O/c19-15-8-4-7-14(11-18(15)12-16(20)21)10-17-9-13-5-2-1-3-6-13;11-10(13)9-8-4-2-1-3-7(8)5-6-12-9/h1-3,5-7,17H,4,8-12H2,(H,20,21);1-6H,(H2,11,13). The minimum atomic E-state index is -0.971. The number of rotatable bonds is 7. The van der Waals surface area contributed by atoms with Crippen LogP contribution in [0, 0.1) is 0 Å². The summed E-state index contributed by atoms with van der Waals surface area (Å²) in [5, 5.41) is 14.0. The van der Waals surface area contributed by atoms with E-state index in [4.69, 9.17) is 10.8 Å². The zero-order valence-electron chi connectivity index (χ0n) is 18.8. The van der Waals surface area contributed by atoms with E-state index >= 15 is 0 Å². The summed E-state index contributed by atoms with van der Waals surface area (Å²) < 4.78 is 0. The van der Waals surface area contributed by atoms with E-state index in [1.807, 2.05) is 54.6 Å². The van der Waals surface area contributed by atoms with Gasteiger partial charge < -0.3 is 21.1 Å². The third kappa shape index (κ3) is 7.25. The normalized spacial score (nSPS) is 13.5. The Morgan fingerprint density at radius 1 is 1.03 bits per heavy atom. The van der Waals surface area contributed by atoms with Crippen LogP contribution in [0.5, 0.6) is 0 Å². The Labute approximate surface area is 198 Å². The molecule has 4 rings (SSSR count). The van der Waals surface area contributed by atoms with Gasteiger partial charge in [-0.25, -0.2) is 0 Å². The molecule has 8 heteroatoms. The lowest BCUT2D eigenvalue weighted by Crippen LogP contribution is -2.37. The molecule has 2 amide bonds. The molecule has 0 atom stereocenters. The maximum atomic E-state index is 11.8. The summed E-state index contributed by atoms with van der Waals surface area (Å²) in [5.74, 6) is -1.55. The number of nitrogens with one attached hydrogen (secondary N) is 1. The lowest BCUT2D eigenvalue weighted by atomic mass is 10.1. The van der Waals surface area contributed by atoms with Crippen molar-refractivity contribution < 1.29 is 19.5 Å². The zero-order valence-corrected chi connectivity index (χ0v) is 18.8. The van der Waals surface area contributed by atoms with Gasteiger partial charge in [0.25, 0.3) is 5.91 Å². The highest BCUT2D eigenvalue weighted by Gasteiger charge is 2.20. The maximum absolute atomic E-state index is 11.8. The molecule has 8 nitrogen and oxygen atoms in total. The SMILES string of the molecule is NC(=O)c1nccc2ccccc12.O=C(O)CN1CC(CNCc2ccccc2)=CCCC1=O. The number of amides is 2. The van der Waals surface area contributed by atoms with Gasteiger partial charge in [0.1, 0.15) is 12.2 Å². The molecule has 0 bridgehead atoms. The number of primary amides is 1. The van der Waals surface area contributed by atoms with Gasteiger partial charge in [-0.15, -0.1) is 0 Å². The van der Waals surface area contributed by atoms with Crippen LogP contribution in [-0.4, -0.2) is 52.4 Å². The molecular weight excluding hydrogens is 432 g/mol. The van der Waals surface area contributed by atoms with Gasteiger partial charge in [-0.05, 0) is 29.0 Å². The van der Waals surface area contributed by atoms with E-state index in [0.717, 1.165) is 22.9 Å². The van der Waals surface area contributed by atoms with Crippen LogP contribution < -0.4 is 11.1 Å². The van der Waals surface area contributed by atoms with Crippen LogP contribution in [-0.2, 0) is 16.1 Å². The average Bonchev–Trinajstić information content (AvgIpc) is 3.00. The smallest absolute Gasteiger partial charge is 0.323 e. The minimum Gasteiger partial charge on any atom is -0.480 e. The van der Waals surface area contributed by atoms with Gasteiger partial charge >= 0.3 is 5.97 Å². The van der Waals surface area contributed by atoms with Crippen molar-refractivity contribution >= 4 is 28.6 Å². The Balaban J connectivity index is 0.000000212. The van der Waals surface area contributed by atoms with Crippen molar-refractivity contribution in [2.45, 2.75) is 19.4 Å². The monoisotopic (exact) mass is 460 g/mol. The highest BCUT2D eigenvalue weighted by Crippen LogP contribution is 2.15. The minimum absolute atomic E-state index is 0.0910. The molecule has 4 N–H and O–H groups in total. The van der Waals surface area contributed by atoms with Crippen LogP contribution in [0.4, 0.5) is 0 Å². The molecule has 2 aromatic carbocycles. The molecule has 0 saturated heterocycles. The van der Waals surface area contributed by atoms with E-state index in [1.165, 1.54) is 10.5 Å². The highest BCUT2D eigenvalue weighted by atomic mass is 16.4. The number of nitrogens with two attached hydrogens (primary N) is 1. The van der Waals surface area contributed by atoms with Crippen molar-refractivity contribution in [3.05, 3.63) is 89.8 Å². The van der Waals surface area contributed by atoms with Gasteiger partial charge in [-0.1, -0.05) is 60.7 Å². The Morgan fingerprint density at radius 2 is 1.76 bits per heavy atom. The summed E-state index contributed by atoms with van der Waals surface area (Å²) in [6.45, 7) is 1.59. The Hall–Kier alpha value is -4.04. The first-order chi connectivity index (χ1) is 16.4. The second-order valence-corrected chi connectivity index (χ2v) is 7.88. The van der Waals surface area contributed by atoms with Crippen molar-refractivity contribution in [1.82, 2.24) is 15.2 Å². The van der Waals surface area contributed by atoms with Gasteiger partial charge in [0.05, 0.1) is 0 Å². The molecule has 0 radical (unpaired) electrons. The number of fused-ring (bicyclic) bond motifs is 1. The summed E-state index contributed by atoms with van der Waals surface area (Å²) >= 11 is 0. The van der Waals surface area contributed by atoms with Crippen LogP contribution in [0.15, 0.2) is 78.5 Å². The number of hydrogen-bond donors (Lipinski definition) is 3. The maximum Gasteiger partial charge on any atom is 0.323 e. The number of nitrogens with zero attached hydrogens (tertiary/aromatic N) is 2. The van der Waals surface area contributed by atoms with Gasteiger partial charge in [0, 0.05) is 37.6 Å². The number of allylic oxidation sites excluding steroid dienone is 1. The average molecular weight is 461 g/mol. The van der Waals surface area contributed by atoms with E-state index in [1.54, 1.807) is 6.20 Å². The quantitative estimate of drug-likeness (QED) is 0.466. The molecule has 1 aromatic heterocycles.